The van der Waals surface area contributed by atoms with Crippen LogP contribution < -0.4 is 5.32 Å². The molecule has 0 unspecified atom stereocenters. The molecule has 0 radical (unpaired) electrons. The van der Waals surface area contributed by atoms with Gasteiger partial charge in [0.05, 0.1) is 6.42 Å². The summed E-state index contributed by atoms with van der Waals surface area (Å²) < 4.78 is 5.17. The Morgan fingerprint density at radius 1 is 1.33 bits per heavy atom. The van der Waals surface area contributed by atoms with E-state index in [-0.39, 0.29) is 6.42 Å². The summed E-state index contributed by atoms with van der Waals surface area (Å²) >= 11 is 0. The number of aryl methyl sites for hydroxylation is 1. The van der Waals surface area contributed by atoms with Crippen molar-refractivity contribution in [2.45, 2.75) is 52.2 Å². The van der Waals surface area contributed by atoms with Crippen LogP contribution in [0, 0.1) is 6.92 Å². The van der Waals surface area contributed by atoms with Crippen LogP contribution in [0.2, 0.25) is 0 Å². The molecule has 0 aliphatic carbocycles. The van der Waals surface area contributed by atoms with E-state index in [0.29, 0.717) is 6.42 Å². The summed E-state index contributed by atoms with van der Waals surface area (Å²) in [4.78, 5) is 22.7. The van der Waals surface area contributed by atoms with Crippen molar-refractivity contribution in [1.29, 1.82) is 0 Å². The molecule has 5 nitrogen and oxygen atoms in total. The monoisotopic (exact) mass is 293 g/mol. The molecule has 21 heavy (non-hydrogen) atoms. The largest absolute Gasteiger partial charge is 0.481 e. The number of benzene rings is 1. The lowest BCUT2D eigenvalue weighted by molar-refractivity contribution is -0.137. The number of carboxylic acid groups (broad SMARTS) is 1. The zero-order valence-electron chi connectivity index (χ0n) is 13.0. The summed E-state index contributed by atoms with van der Waals surface area (Å²) in [5, 5.41) is 11.6. The molecule has 1 atom stereocenters. The van der Waals surface area contributed by atoms with Gasteiger partial charge >= 0.3 is 12.1 Å². The van der Waals surface area contributed by atoms with Gasteiger partial charge in [-0.25, -0.2) is 4.79 Å². The minimum atomic E-state index is -0.955. The highest BCUT2D eigenvalue weighted by atomic mass is 16.6. The van der Waals surface area contributed by atoms with E-state index in [1.807, 2.05) is 31.2 Å². The van der Waals surface area contributed by atoms with Crippen molar-refractivity contribution < 1.29 is 19.4 Å². The molecule has 0 spiro atoms. The number of carboxylic acids is 1. The number of aliphatic carboxylic acids is 1. The molecule has 1 rings (SSSR count). The Kier molecular flexibility index (Phi) is 5.76. The van der Waals surface area contributed by atoms with Gasteiger partial charge in [0.15, 0.2) is 0 Å². The van der Waals surface area contributed by atoms with E-state index in [9.17, 15) is 9.59 Å². The molecule has 0 aromatic heterocycles. The molecule has 1 aromatic rings. The van der Waals surface area contributed by atoms with Crippen molar-refractivity contribution in [3.8, 4) is 0 Å². The minimum Gasteiger partial charge on any atom is -0.481 e. The third-order valence-electron chi connectivity index (χ3n) is 2.71. The number of alkyl carbamates (subject to hydrolysis) is 1. The van der Waals surface area contributed by atoms with E-state index in [0.717, 1.165) is 11.1 Å². The zero-order chi connectivity index (χ0) is 16.0. The lowest BCUT2D eigenvalue weighted by Crippen LogP contribution is -2.41. The van der Waals surface area contributed by atoms with Gasteiger partial charge in [-0.1, -0.05) is 29.8 Å². The maximum Gasteiger partial charge on any atom is 0.407 e. The Morgan fingerprint density at radius 3 is 2.52 bits per heavy atom. The van der Waals surface area contributed by atoms with Gasteiger partial charge in [-0.05, 0) is 39.7 Å². The number of carbonyl (C=O) groups is 2. The standard InChI is InChI=1S/C16H23NO4/c1-11-6-5-7-12(8-11)9-13(10-14(18)19)17-15(20)21-16(2,3)4/h5-8,13H,9-10H2,1-4H3,(H,17,20)(H,18,19)/t13-/m0/s1. The van der Waals surface area contributed by atoms with Crippen LogP contribution in [-0.4, -0.2) is 28.8 Å². The van der Waals surface area contributed by atoms with Crippen molar-refractivity contribution >= 4 is 12.1 Å². The summed E-state index contributed by atoms with van der Waals surface area (Å²) in [6, 6.07) is 7.27. The quantitative estimate of drug-likeness (QED) is 0.875. The van der Waals surface area contributed by atoms with E-state index < -0.39 is 23.7 Å². The molecule has 1 amide bonds. The molecule has 1 aromatic carbocycles. The fraction of sp³-hybridized carbons (Fsp3) is 0.500. The van der Waals surface area contributed by atoms with Gasteiger partial charge in [-0.2, -0.15) is 0 Å². The minimum absolute atomic E-state index is 0.146. The Hall–Kier alpha value is -2.04. The third-order valence-corrected chi connectivity index (χ3v) is 2.71. The van der Waals surface area contributed by atoms with E-state index in [2.05, 4.69) is 5.32 Å². The Bertz CT molecular complexity index is 505. The smallest absolute Gasteiger partial charge is 0.407 e. The van der Waals surface area contributed by atoms with Gasteiger partial charge < -0.3 is 15.2 Å². The molecule has 0 aliphatic heterocycles. The van der Waals surface area contributed by atoms with E-state index in [4.69, 9.17) is 9.84 Å². The van der Waals surface area contributed by atoms with Gasteiger partial charge in [-0.3, -0.25) is 4.79 Å². The van der Waals surface area contributed by atoms with Crippen molar-refractivity contribution in [2.75, 3.05) is 0 Å². The Labute approximate surface area is 125 Å². The lowest BCUT2D eigenvalue weighted by Gasteiger charge is -2.23. The van der Waals surface area contributed by atoms with Gasteiger partial charge in [0, 0.05) is 6.04 Å². The summed E-state index contributed by atoms with van der Waals surface area (Å²) in [5.41, 5.74) is 1.47. The predicted molar refractivity (Wildman–Crippen MR) is 80.3 cm³/mol. The van der Waals surface area contributed by atoms with E-state index >= 15 is 0 Å². The van der Waals surface area contributed by atoms with Gasteiger partial charge in [-0.15, -0.1) is 0 Å². The van der Waals surface area contributed by atoms with E-state index in [1.54, 1.807) is 20.8 Å². The van der Waals surface area contributed by atoms with Gasteiger partial charge in [0.25, 0.3) is 0 Å². The van der Waals surface area contributed by atoms with Crippen molar-refractivity contribution in [1.82, 2.24) is 5.32 Å². The fourth-order valence-corrected chi connectivity index (χ4v) is 1.98. The van der Waals surface area contributed by atoms with Crippen LogP contribution in [0.4, 0.5) is 4.79 Å². The summed E-state index contributed by atoms with van der Waals surface area (Å²) in [6.45, 7) is 7.26. The van der Waals surface area contributed by atoms with E-state index in [1.165, 1.54) is 0 Å². The Balaban J connectivity index is 2.72. The number of ether oxygens (including phenoxy) is 1. The second kappa shape index (κ2) is 7.11. The third kappa shape index (κ3) is 7.34. The highest BCUT2D eigenvalue weighted by molar-refractivity contribution is 5.71. The second-order valence-corrected chi connectivity index (χ2v) is 6.13. The predicted octanol–water partition coefficient (Wildman–Crippen LogP) is 2.91. The van der Waals surface area contributed by atoms with Crippen molar-refractivity contribution in [3.05, 3.63) is 35.4 Å². The first-order chi connectivity index (χ1) is 9.65. The van der Waals surface area contributed by atoms with Crippen LogP contribution in [-0.2, 0) is 16.0 Å². The summed E-state index contributed by atoms with van der Waals surface area (Å²) in [6.07, 6.45) is -0.290. The SMILES string of the molecule is Cc1cccc(C[C@@H](CC(=O)O)NC(=O)OC(C)(C)C)c1. The van der Waals surface area contributed by atoms with Crippen LogP contribution in [0.15, 0.2) is 24.3 Å². The first kappa shape index (κ1) is 17.0. The van der Waals surface area contributed by atoms with Crippen LogP contribution in [0.3, 0.4) is 0 Å². The average molecular weight is 293 g/mol. The maximum atomic E-state index is 11.8. The van der Waals surface area contributed by atoms with Crippen LogP contribution >= 0.6 is 0 Å². The molecule has 0 bridgehead atoms. The first-order valence-electron chi connectivity index (χ1n) is 6.92. The number of rotatable bonds is 5. The van der Waals surface area contributed by atoms with Crippen LogP contribution in [0.25, 0.3) is 0 Å². The molecule has 0 heterocycles. The molecule has 116 valence electrons. The molecule has 2 N–H and O–H groups in total. The highest BCUT2D eigenvalue weighted by Gasteiger charge is 2.21. The lowest BCUT2D eigenvalue weighted by atomic mass is 10.0. The molecule has 0 aliphatic rings. The molecule has 0 saturated carbocycles. The molecule has 5 heteroatoms. The topological polar surface area (TPSA) is 75.6 Å². The van der Waals surface area contributed by atoms with Crippen LogP contribution in [0.5, 0.6) is 0 Å². The number of hydrogen-bond donors (Lipinski definition) is 2. The van der Waals surface area contributed by atoms with Crippen molar-refractivity contribution in [3.63, 3.8) is 0 Å². The fourth-order valence-electron chi connectivity index (χ4n) is 1.98. The normalized spacial score (nSPS) is 12.6. The summed E-state index contributed by atoms with van der Waals surface area (Å²) in [7, 11) is 0. The summed E-state index contributed by atoms with van der Waals surface area (Å²) in [5.74, 6) is -0.955. The number of hydrogen-bond acceptors (Lipinski definition) is 3. The first-order valence-corrected chi connectivity index (χ1v) is 6.92. The number of amides is 1. The molecular formula is C16H23NO4. The number of nitrogens with one attached hydrogen (secondary N) is 1. The van der Waals surface area contributed by atoms with Crippen molar-refractivity contribution in [2.24, 2.45) is 0 Å². The van der Waals surface area contributed by atoms with Gasteiger partial charge in [0.2, 0.25) is 0 Å². The number of carbonyl (C=O) groups excluding carboxylic acids is 1. The molecule has 0 saturated heterocycles. The molecular weight excluding hydrogens is 270 g/mol. The van der Waals surface area contributed by atoms with Crippen LogP contribution in [0.1, 0.15) is 38.3 Å². The molecule has 0 fully saturated rings. The second-order valence-electron chi connectivity index (χ2n) is 6.13. The average Bonchev–Trinajstić information content (AvgIpc) is 2.24. The van der Waals surface area contributed by atoms with Gasteiger partial charge in [0.1, 0.15) is 5.60 Å². The maximum absolute atomic E-state index is 11.8. The highest BCUT2D eigenvalue weighted by Crippen LogP contribution is 2.11. The zero-order valence-corrected chi connectivity index (χ0v) is 13.0. The Morgan fingerprint density at radius 2 is 2.00 bits per heavy atom.